The van der Waals surface area contributed by atoms with E-state index in [-0.39, 0.29) is 17.1 Å². The number of ketones is 1. The van der Waals surface area contributed by atoms with Crippen molar-refractivity contribution >= 4 is 5.78 Å². The minimum Gasteiger partial charge on any atom is -0.389 e. The zero-order valence-electron chi connectivity index (χ0n) is 12.0. The van der Waals surface area contributed by atoms with Gasteiger partial charge in [-0.15, -0.1) is 0 Å². The molecule has 0 bridgehead atoms. The van der Waals surface area contributed by atoms with Gasteiger partial charge in [-0.25, -0.2) is 0 Å². The molecule has 2 N–H and O–H groups in total. The van der Waals surface area contributed by atoms with Crippen LogP contribution in [0.25, 0.3) is 0 Å². The maximum Gasteiger partial charge on any atom is 0.164 e. The van der Waals surface area contributed by atoms with Gasteiger partial charge in [0.15, 0.2) is 5.78 Å². The fourth-order valence-corrected chi connectivity index (χ4v) is 4.11. The average Bonchev–Trinajstić information content (AvgIpc) is 2.46. The van der Waals surface area contributed by atoms with Crippen LogP contribution in [0.2, 0.25) is 0 Å². The molecule has 0 unspecified atom stereocenters. The van der Waals surface area contributed by atoms with Gasteiger partial charge in [0, 0.05) is 11.8 Å². The smallest absolute Gasteiger partial charge is 0.164 e. The van der Waals surface area contributed by atoms with Crippen molar-refractivity contribution < 1.29 is 15.0 Å². The molecule has 0 saturated heterocycles. The van der Waals surface area contributed by atoms with Crippen LogP contribution < -0.4 is 0 Å². The van der Waals surface area contributed by atoms with Gasteiger partial charge in [-0.2, -0.15) is 0 Å². The van der Waals surface area contributed by atoms with Gasteiger partial charge in [0.1, 0.15) is 5.60 Å². The molecule has 2 aliphatic rings. The molecule has 3 nitrogen and oxygen atoms in total. The summed E-state index contributed by atoms with van der Waals surface area (Å²) in [7, 11) is 0. The Balaban J connectivity index is 2.38. The molecule has 4 atom stereocenters. The molecule has 0 amide bonds. The minimum atomic E-state index is -1.26. The van der Waals surface area contributed by atoms with E-state index < -0.39 is 11.2 Å². The number of fused-ring (bicyclic) bond motifs is 1. The van der Waals surface area contributed by atoms with Crippen LogP contribution in [0.3, 0.4) is 0 Å². The summed E-state index contributed by atoms with van der Waals surface area (Å²) in [4.78, 5) is 12.1. The second-order valence-corrected chi connectivity index (χ2v) is 7.25. The van der Waals surface area contributed by atoms with Gasteiger partial charge in [-0.1, -0.05) is 20.8 Å². The summed E-state index contributed by atoms with van der Waals surface area (Å²) in [6, 6.07) is 0. The molecule has 0 aromatic heterocycles. The largest absolute Gasteiger partial charge is 0.389 e. The molecule has 0 aromatic rings. The van der Waals surface area contributed by atoms with Crippen LogP contribution in [-0.2, 0) is 4.79 Å². The Morgan fingerprint density at radius 3 is 2.33 bits per heavy atom. The zero-order chi connectivity index (χ0) is 13.8. The summed E-state index contributed by atoms with van der Waals surface area (Å²) < 4.78 is 0. The first-order chi connectivity index (χ1) is 8.12. The quantitative estimate of drug-likeness (QED) is 0.755. The SMILES string of the molecule is CC(C)[C@H]1CC[C@]2(C)CC(=O)[C@@](C)(O)CC[C@]12O. The van der Waals surface area contributed by atoms with Gasteiger partial charge >= 0.3 is 0 Å². The molecule has 0 aliphatic heterocycles. The standard InChI is InChI=1S/C15H26O3/c1-10(2)11-5-6-13(3)9-12(16)14(4,17)7-8-15(11,13)18/h10-11,17-18H,5-9H2,1-4H3/t11-,13-,14+,15+/m1/s1. The van der Waals surface area contributed by atoms with E-state index in [1.807, 2.05) is 6.92 Å². The van der Waals surface area contributed by atoms with Gasteiger partial charge in [-0.05, 0) is 44.4 Å². The van der Waals surface area contributed by atoms with E-state index in [0.29, 0.717) is 25.2 Å². The van der Waals surface area contributed by atoms with E-state index in [1.165, 1.54) is 0 Å². The molecule has 0 radical (unpaired) electrons. The second-order valence-electron chi connectivity index (χ2n) is 7.25. The van der Waals surface area contributed by atoms with Crippen LogP contribution in [0.4, 0.5) is 0 Å². The monoisotopic (exact) mass is 254 g/mol. The molecular formula is C15H26O3. The Bertz CT molecular complexity index is 361. The average molecular weight is 254 g/mol. The molecule has 0 heterocycles. The highest BCUT2D eigenvalue weighted by atomic mass is 16.3. The molecule has 2 fully saturated rings. The Labute approximate surface area is 110 Å². The molecule has 2 aliphatic carbocycles. The third-order valence-corrected chi connectivity index (χ3v) is 5.61. The molecular weight excluding hydrogens is 228 g/mol. The van der Waals surface area contributed by atoms with Crippen molar-refractivity contribution in [2.24, 2.45) is 17.3 Å². The number of hydrogen-bond donors (Lipinski definition) is 2. The Hall–Kier alpha value is -0.410. The first-order valence-corrected chi connectivity index (χ1v) is 7.10. The van der Waals surface area contributed by atoms with Crippen LogP contribution >= 0.6 is 0 Å². The first kappa shape index (κ1) is 14.0. The topological polar surface area (TPSA) is 57.5 Å². The maximum atomic E-state index is 12.1. The third-order valence-electron chi connectivity index (χ3n) is 5.61. The third kappa shape index (κ3) is 1.83. The maximum absolute atomic E-state index is 12.1. The summed E-state index contributed by atoms with van der Waals surface area (Å²) in [5.41, 5.74) is -2.42. The molecule has 0 spiro atoms. The van der Waals surface area contributed by atoms with Crippen LogP contribution in [0.15, 0.2) is 0 Å². The van der Waals surface area contributed by atoms with E-state index in [1.54, 1.807) is 6.92 Å². The summed E-state index contributed by atoms with van der Waals surface area (Å²) >= 11 is 0. The van der Waals surface area contributed by atoms with Crippen molar-refractivity contribution in [1.29, 1.82) is 0 Å². The van der Waals surface area contributed by atoms with E-state index in [2.05, 4.69) is 13.8 Å². The number of carbonyl (C=O) groups is 1. The second kappa shape index (κ2) is 4.04. The minimum absolute atomic E-state index is 0.106. The lowest BCUT2D eigenvalue weighted by molar-refractivity contribution is -0.138. The van der Waals surface area contributed by atoms with Gasteiger partial charge < -0.3 is 10.2 Å². The van der Waals surface area contributed by atoms with Crippen LogP contribution in [-0.4, -0.2) is 27.2 Å². The molecule has 2 saturated carbocycles. The normalized spacial score (nSPS) is 49.3. The van der Waals surface area contributed by atoms with Crippen LogP contribution in [0, 0.1) is 17.3 Å². The van der Waals surface area contributed by atoms with E-state index in [9.17, 15) is 15.0 Å². The van der Waals surface area contributed by atoms with E-state index >= 15 is 0 Å². The van der Waals surface area contributed by atoms with Crippen molar-refractivity contribution in [2.45, 2.75) is 71.0 Å². The lowest BCUT2D eigenvalue weighted by Gasteiger charge is -2.43. The Morgan fingerprint density at radius 2 is 1.78 bits per heavy atom. The first-order valence-electron chi connectivity index (χ1n) is 7.10. The Morgan fingerprint density at radius 1 is 1.17 bits per heavy atom. The van der Waals surface area contributed by atoms with Crippen molar-refractivity contribution in [3.63, 3.8) is 0 Å². The summed E-state index contributed by atoms with van der Waals surface area (Å²) in [6.45, 7) is 7.89. The molecule has 2 rings (SSSR count). The summed E-state index contributed by atoms with van der Waals surface area (Å²) in [6.07, 6.45) is 3.08. The lowest BCUT2D eigenvalue weighted by atomic mass is 9.67. The highest BCUT2D eigenvalue weighted by Crippen LogP contribution is 2.58. The number of hydrogen-bond acceptors (Lipinski definition) is 3. The number of aliphatic hydroxyl groups is 2. The molecule has 104 valence electrons. The van der Waals surface area contributed by atoms with Crippen molar-refractivity contribution in [3.05, 3.63) is 0 Å². The predicted octanol–water partition coefficient (Wildman–Crippen LogP) is 2.29. The summed E-state index contributed by atoms with van der Waals surface area (Å²) in [5, 5.41) is 21.3. The van der Waals surface area contributed by atoms with E-state index in [4.69, 9.17) is 0 Å². The zero-order valence-corrected chi connectivity index (χ0v) is 12.0. The van der Waals surface area contributed by atoms with Gasteiger partial charge in [0.25, 0.3) is 0 Å². The lowest BCUT2D eigenvalue weighted by Crippen LogP contribution is -2.47. The Kier molecular flexibility index (Phi) is 3.14. The molecule has 18 heavy (non-hydrogen) atoms. The van der Waals surface area contributed by atoms with Crippen LogP contribution in [0.1, 0.15) is 59.8 Å². The predicted molar refractivity (Wildman–Crippen MR) is 70.1 cm³/mol. The van der Waals surface area contributed by atoms with E-state index in [0.717, 1.165) is 12.8 Å². The molecule has 0 aromatic carbocycles. The fraction of sp³-hybridized carbons (Fsp3) is 0.933. The summed E-state index contributed by atoms with van der Waals surface area (Å²) in [5.74, 6) is 0.546. The highest BCUT2D eigenvalue weighted by molar-refractivity contribution is 5.87. The fourth-order valence-electron chi connectivity index (χ4n) is 4.11. The highest BCUT2D eigenvalue weighted by Gasteiger charge is 2.60. The van der Waals surface area contributed by atoms with Crippen molar-refractivity contribution in [1.82, 2.24) is 0 Å². The number of rotatable bonds is 1. The number of carbonyl (C=O) groups excluding carboxylic acids is 1. The van der Waals surface area contributed by atoms with Crippen molar-refractivity contribution in [3.8, 4) is 0 Å². The van der Waals surface area contributed by atoms with Gasteiger partial charge in [0.05, 0.1) is 5.60 Å². The van der Waals surface area contributed by atoms with Crippen molar-refractivity contribution in [2.75, 3.05) is 0 Å². The molecule has 3 heteroatoms. The van der Waals surface area contributed by atoms with Crippen LogP contribution in [0.5, 0.6) is 0 Å². The van der Waals surface area contributed by atoms with Gasteiger partial charge in [-0.3, -0.25) is 4.79 Å². The number of Topliss-reactive ketones (excluding diaryl/α,β-unsaturated/α-hetero) is 1. The van der Waals surface area contributed by atoms with Gasteiger partial charge in [0.2, 0.25) is 0 Å².